The van der Waals surface area contributed by atoms with E-state index < -0.39 is 6.10 Å². The van der Waals surface area contributed by atoms with Gasteiger partial charge in [0, 0.05) is 12.6 Å². The van der Waals surface area contributed by atoms with E-state index in [0.29, 0.717) is 18.1 Å². The fraction of sp³-hybridized carbons (Fsp3) is 0.375. The third-order valence-corrected chi connectivity index (χ3v) is 5.49. The Labute approximate surface area is 176 Å². The molecule has 0 N–H and O–H groups in total. The van der Waals surface area contributed by atoms with Gasteiger partial charge in [-0.2, -0.15) is 4.98 Å². The molecule has 30 heavy (non-hydrogen) atoms. The topological polar surface area (TPSA) is 68.5 Å². The molecule has 4 rings (SSSR count). The number of hydrogen-bond acceptors (Lipinski definition) is 5. The van der Waals surface area contributed by atoms with E-state index in [-0.39, 0.29) is 12.5 Å². The second-order valence-corrected chi connectivity index (χ2v) is 7.72. The summed E-state index contributed by atoms with van der Waals surface area (Å²) in [7, 11) is 1.73. The Morgan fingerprint density at radius 1 is 1.13 bits per heavy atom. The van der Waals surface area contributed by atoms with Crippen molar-refractivity contribution in [2.24, 2.45) is 0 Å². The minimum atomic E-state index is -0.548. The van der Waals surface area contributed by atoms with Gasteiger partial charge in [-0.15, -0.1) is 0 Å². The van der Waals surface area contributed by atoms with Gasteiger partial charge in [-0.1, -0.05) is 48.5 Å². The van der Waals surface area contributed by atoms with Crippen LogP contribution in [0.25, 0.3) is 11.4 Å². The van der Waals surface area contributed by atoms with Crippen LogP contribution < -0.4 is 4.74 Å². The first-order valence-corrected chi connectivity index (χ1v) is 10.6. The van der Waals surface area contributed by atoms with Crippen LogP contribution in [0.3, 0.4) is 0 Å². The van der Waals surface area contributed by atoms with E-state index in [9.17, 15) is 4.79 Å². The summed E-state index contributed by atoms with van der Waals surface area (Å²) in [4.78, 5) is 18.9. The summed E-state index contributed by atoms with van der Waals surface area (Å²) >= 11 is 0. The summed E-state index contributed by atoms with van der Waals surface area (Å²) in [6.45, 7) is 2.19. The Morgan fingerprint density at radius 3 is 2.67 bits per heavy atom. The lowest BCUT2D eigenvalue weighted by Crippen LogP contribution is -2.39. The van der Waals surface area contributed by atoms with Crippen LogP contribution in [0.15, 0.2) is 53.1 Å². The number of benzene rings is 2. The van der Waals surface area contributed by atoms with E-state index >= 15 is 0 Å². The minimum Gasteiger partial charge on any atom is -0.481 e. The van der Waals surface area contributed by atoms with Gasteiger partial charge in [0.25, 0.3) is 5.91 Å². The predicted molar refractivity (Wildman–Crippen MR) is 114 cm³/mol. The summed E-state index contributed by atoms with van der Waals surface area (Å²) in [5, 5.41) is 4.02. The first-order valence-electron chi connectivity index (χ1n) is 10.6. The third-order valence-electron chi connectivity index (χ3n) is 5.49. The molecule has 0 spiro atoms. The van der Waals surface area contributed by atoms with Crippen molar-refractivity contribution in [3.8, 4) is 17.1 Å². The average Bonchev–Trinajstić information content (AvgIpc) is 3.26. The van der Waals surface area contributed by atoms with Gasteiger partial charge in [-0.05, 0) is 55.4 Å². The molecule has 0 aliphatic heterocycles. The number of fused-ring (bicyclic) bond motifs is 1. The van der Waals surface area contributed by atoms with Gasteiger partial charge in [-0.25, -0.2) is 0 Å². The van der Waals surface area contributed by atoms with E-state index in [0.717, 1.165) is 24.2 Å². The molecule has 1 atom stereocenters. The second-order valence-electron chi connectivity index (χ2n) is 7.72. The highest BCUT2D eigenvalue weighted by Crippen LogP contribution is 2.26. The number of nitrogens with zero attached hydrogens (tertiary/aromatic N) is 3. The van der Waals surface area contributed by atoms with Crippen molar-refractivity contribution in [1.29, 1.82) is 0 Å². The molecule has 1 aromatic heterocycles. The molecule has 3 aromatic rings. The zero-order chi connectivity index (χ0) is 20.9. The molecule has 0 saturated carbocycles. The SMILES string of the molecule is CCC(Oc1ccc2c(c1)CCCC2)C(=O)N(C)Cc1nc(-c2ccccc2)no1. The fourth-order valence-corrected chi connectivity index (χ4v) is 3.81. The summed E-state index contributed by atoms with van der Waals surface area (Å²) in [5.41, 5.74) is 3.62. The minimum absolute atomic E-state index is 0.102. The van der Waals surface area contributed by atoms with Crippen LogP contribution >= 0.6 is 0 Å². The van der Waals surface area contributed by atoms with Gasteiger partial charge < -0.3 is 14.2 Å². The molecule has 1 heterocycles. The Hall–Kier alpha value is -3.15. The molecule has 1 aliphatic carbocycles. The maximum Gasteiger partial charge on any atom is 0.263 e. The molecule has 1 unspecified atom stereocenters. The van der Waals surface area contributed by atoms with E-state index in [1.165, 1.54) is 24.0 Å². The zero-order valence-corrected chi connectivity index (χ0v) is 17.5. The molecule has 6 nitrogen and oxygen atoms in total. The Kier molecular flexibility index (Phi) is 6.12. The number of hydrogen-bond donors (Lipinski definition) is 0. The lowest BCUT2D eigenvalue weighted by atomic mass is 9.92. The molecular weight excluding hydrogens is 378 g/mol. The average molecular weight is 405 g/mol. The zero-order valence-electron chi connectivity index (χ0n) is 17.5. The Bertz CT molecular complexity index is 1000. The van der Waals surface area contributed by atoms with Crippen LogP contribution in [0.4, 0.5) is 0 Å². The van der Waals surface area contributed by atoms with Crippen molar-refractivity contribution < 1.29 is 14.1 Å². The molecular formula is C24H27N3O3. The number of carbonyl (C=O) groups excluding carboxylic acids is 1. The summed E-state index contributed by atoms with van der Waals surface area (Å²) in [5.74, 6) is 1.57. The third kappa shape index (κ3) is 4.53. The number of rotatable bonds is 7. The maximum absolute atomic E-state index is 13.0. The quantitative estimate of drug-likeness (QED) is 0.582. The lowest BCUT2D eigenvalue weighted by molar-refractivity contribution is -0.138. The molecule has 0 saturated heterocycles. The van der Waals surface area contributed by atoms with E-state index in [1.54, 1.807) is 11.9 Å². The second kappa shape index (κ2) is 9.11. The van der Waals surface area contributed by atoms with Gasteiger partial charge in [0.15, 0.2) is 6.10 Å². The highest BCUT2D eigenvalue weighted by molar-refractivity contribution is 5.81. The molecule has 2 aromatic carbocycles. The number of likely N-dealkylation sites (N-methyl/N-ethyl adjacent to an activating group) is 1. The molecule has 1 amide bonds. The number of aromatic nitrogens is 2. The summed E-state index contributed by atoms with van der Waals surface area (Å²) < 4.78 is 11.4. The predicted octanol–water partition coefficient (Wildman–Crippen LogP) is 4.43. The molecule has 0 fully saturated rings. The first-order chi connectivity index (χ1) is 14.6. The van der Waals surface area contributed by atoms with Crippen LogP contribution in [-0.2, 0) is 24.2 Å². The van der Waals surface area contributed by atoms with Gasteiger partial charge in [0.1, 0.15) is 5.75 Å². The van der Waals surface area contributed by atoms with Crippen LogP contribution in [0.2, 0.25) is 0 Å². The fourth-order valence-electron chi connectivity index (χ4n) is 3.81. The Balaban J connectivity index is 1.40. The van der Waals surface area contributed by atoms with Crippen molar-refractivity contribution in [3.05, 3.63) is 65.5 Å². The monoisotopic (exact) mass is 405 g/mol. The molecule has 156 valence electrons. The van der Waals surface area contributed by atoms with Crippen LogP contribution in [-0.4, -0.2) is 34.1 Å². The van der Waals surface area contributed by atoms with Gasteiger partial charge in [-0.3, -0.25) is 4.79 Å². The van der Waals surface area contributed by atoms with E-state index in [1.807, 2.05) is 43.3 Å². The molecule has 0 bridgehead atoms. The van der Waals surface area contributed by atoms with Crippen molar-refractivity contribution in [1.82, 2.24) is 15.0 Å². The van der Waals surface area contributed by atoms with Crippen molar-refractivity contribution in [2.45, 2.75) is 51.7 Å². The standard InChI is InChI=1S/C24H27N3O3/c1-3-21(29-20-14-13-17-9-7-8-12-19(17)15-20)24(28)27(2)16-22-25-23(26-30-22)18-10-5-4-6-11-18/h4-6,10-11,13-15,21H,3,7-9,12,16H2,1-2H3. The van der Waals surface area contributed by atoms with Crippen LogP contribution in [0, 0.1) is 0 Å². The lowest BCUT2D eigenvalue weighted by Gasteiger charge is -2.24. The summed E-state index contributed by atoms with van der Waals surface area (Å²) in [6, 6.07) is 15.8. The van der Waals surface area contributed by atoms with Crippen LogP contribution in [0.1, 0.15) is 43.2 Å². The normalized spacial score (nSPS) is 14.1. The summed E-state index contributed by atoms with van der Waals surface area (Å²) in [6.07, 6.45) is 4.70. The van der Waals surface area contributed by atoms with Crippen molar-refractivity contribution >= 4 is 5.91 Å². The number of aryl methyl sites for hydroxylation is 2. The van der Waals surface area contributed by atoms with Crippen molar-refractivity contribution in [3.63, 3.8) is 0 Å². The number of amides is 1. The molecule has 0 radical (unpaired) electrons. The highest BCUT2D eigenvalue weighted by atomic mass is 16.5. The maximum atomic E-state index is 13.0. The number of carbonyl (C=O) groups is 1. The smallest absolute Gasteiger partial charge is 0.263 e. The molecule has 6 heteroatoms. The van der Waals surface area contributed by atoms with Gasteiger partial charge >= 0.3 is 0 Å². The molecule has 1 aliphatic rings. The van der Waals surface area contributed by atoms with Crippen LogP contribution in [0.5, 0.6) is 5.75 Å². The van der Waals surface area contributed by atoms with Crippen molar-refractivity contribution in [2.75, 3.05) is 7.05 Å². The Morgan fingerprint density at radius 2 is 1.90 bits per heavy atom. The van der Waals surface area contributed by atoms with Gasteiger partial charge in [0.05, 0.1) is 6.54 Å². The van der Waals surface area contributed by atoms with Gasteiger partial charge in [0.2, 0.25) is 11.7 Å². The first kappa shape index (κ1) is 20.1. The number of ether oxygens (including phenoxy) is 1. The van der Waals surface area contributed by atoms with E-state index in [2.05, 4.69) is 22.3 Å². The van der Waals surface area contributed by atoms with E-state index in [4.69, 9.17) is 9.26 Å². The largest absolute Gasteiger partial charge is 0.481 e. The highest BCUT2D eigenvalue weighted by Gasteiger charge is 2.24.